The first-order chi connectivity index (χ1) is 11.4. The number of para-hydroxylation sites is 1. The molecule has 0 fully saturated rings. The fourth-order valence-electron chi connectivity index (χ4n) is 2.35. The number of hydrogen-bond acceptors (Lipinski definition) is 3. The first-order valence-electron chi connectivity index (χ1n) is 7.75. The van der Waals surface area contributed by atoms with Gasteiger partial charge in [-0.2, -0.15) is 0 Å². The van der Waals surface area contributed by atoms with E-state index in [0.717, 1.165) is 17.7 Å². The molecule has 0 bridgehead atoms. The van der Waals surface area contributed by atoms with E-state index in [2.05, 4.69) is 10.3 Å². The van der Waals surface area contributed by atoms with E-state index < -0.39 is 0 Å². The molecule has 0 aliphatic carbocycles. The lowest BCUT2D eigenvalue weighted by molar-refractivity contribution is -0.116. The number of H-pyrrole nitrogens is 1. The highest BCUT2D eigenvalue weighted by atomic mass is 16.2. The van der Waals surface area contributed by atoms with Gasteiger partial charge in [-0.1, -0.05) is 25.1 Å². The maximum atomic E-state index is 12.3. The van der Waals surface area contributed by atoms with Gasteiger partial charge in [0.15, 0.2) is 5.78 Å². The van der Waals surface area contributed by atoms with Crippen LogP contribution in [0.25, 0.3) is 0 Å². The molecule has 0 spiro atoms. The molecular formula is C18H21N3O3. The van der Waals surface area contributed by atoms with E-state index in [9.17, 15) is 14.4 Å². The highest BCUT2D eigenvalue weighted by molar-refractivity contribution is 6.01. The molecule has 6 nitrogen and oxygen atoms in total. The Morgan fingerprint density at radius 3 is 2.54 bits per heavy atom. The van der Waals surface area contributed by atoms with Gasteiger partial charge in [0.25, 0.3) is 5.91 Å². The molecule has 1 heterocycles. The summed E-state index contributed by atoms with van der Waals surface area (Å²) in [6.45, 7) is 3.36. The summed E-state index contributed by atoms with van der Waals surface area (Å²) in [4.78, 5) is 39.8. The van der Waals surface area contributed by atoms with Crippen LogP contribution in [0.15, 0.2) is 36.5 Å². The summed E-state index contributed by atoms with van der Waals surface area (Å²) in [5, 5.41) is 2.82. The second kappa shape index (κ2) is 7.59. The number of Topliss-reactive ketones (excluding diaryl/α,β-unsaturated/α-hetero) is 1. The zero-order valence-corrected chi connectivity index (χ0v) is 14.1. The van der Waals surface area contributed by atoms with Gasteiger partial charge in [-0.15, -0.1) is 0 Å². The molecular weight excluding hydrogens is 306 g/mol. The molecule has 1 aromatic heterocycles. The second-order valence-corrected chi connectivity index (χ2v) is 5.58. The molecule has 2 aromatic rings. The Morgan fingerprint density at radius 1 is 1.21 bits per heavy atom. The largest absolute Gasteiger partial charge is 0.356 e. The summed E-state index contributed by atoms with van der Waals surface area (Å²) < 4.78 is 0. The van der Waals surface area contributed by atoms with Gasteiger partial charge in [-0.25, -0.2) is 0 Å². The molecule has 24 heavy (non-hydrogen) atoms. The first-order valence-corrected chi connectivity index (χ1v) is 7.75. The molecule has 126 valence electrons. The minimum Gasteiger partial charge on any atom is -0.356 e. The predicted octanol–water partition coefficient (Wildman–Crippen LogP) is 2.49. The van der Waals surface area contributed by atoms with Crippen LogP contribution >= 0.6 is 0 Å². The Labute approximate surface area is 140 Å². The summed E-state index contributed by atoms with van der Waals surface area (Å²) in [5.41, 5.74) is 2.51. The van der Waals surface area contributed by atoms with E-state index in [1.165, 1.54) is 24.1 Å². The van der Waals surface area contributed by atoms with Crippen LogP contribution in [0.1, 0.15) is 40.3 Å². The van der Waals surface area contributed by atoms with Gasteiger partial charge < -0.3 is 15.2 Å². The summed E-state index contributed by atoms with van der Waals surface area (Å²) in [6.07, 6.45) is 2.29. The number of benzene rings is 1. The second-order valence-electron chi connectivity index (χ2n) is 5.58. The molecule has 0 saturated carbocycles. The quantitative estimate of drug-likeness (QED) is 0.800. The van der Waals surface area contributed by atoms with Crippen LogP contribution in [0.5, 0.6) is 0 Å². The predicted molar refractivity (Wildman–Crippen MR) is 92.2 cm³/mol. The Balaban J connectivity index is 2.00. The summed E-state index contributed by atoms with van der Waals surface area (Å²) >= 11 is 0. The average molecular weight is 327 g/mol. The number of amides is 2. The van der Waals surface area contributed by atoms with E-state index in [4.69, 9.17) is 0 Å². The molecule has 0 saturated heterocycles. The van der Waals surface area contributed by atoms with Crippen molar-refractivity contribution in [2.45, 2.75) is 20.3 Å². The average Bonchev–Trinajstić information content (AvgIpc) is 3.04. The Bertz CT molecular complexity index is 764. The number of ketones is 1. The van der Waals surface area contributed by atoms with Gasteiger partial charge in [-0.05, 0) is 31.0 Å². The number of nitrogens with one attached hydrogen (secondary N) is 2. The van der Waals surface area contributed by atoms with Gasteiger partial charge in [0.05, 0.1) is 6.54 Å². The maximum absolute atomic E-state index is 12.3. The molecule has 2 N–H and O–H groups in total. The number of carbonyl (C=O) groups is 3. The zero-order valence-electron chi connectivity index (χ0n) is 14.1. The van der Waals surface area contributed by atoms with Crippen LogP contribution in [0.4, 0.5) is 5.69 Å². The van der Waals surface area contributed by atoms with Crippen molar-refractivity contribution < 1.29 is 14.4 Å². The van der Waals surface area contributed by atoms with Crippen LogP contribution in [0.3, 0.4) is 0 Å². The van der Waals surface area contributed by atoms with Gasteiger partial charge in [-0.3, -0.25) is 14.4 Å². The summed E-state index contributed by atoms with van der Waals surface area (Å²) in [7, 11) is 1.54. The van der Waals surface area contributed by atoms with Crippen molar-refractivity contribution in [1.82, 2.24) is 9.88 Å². The number of aromatic nitrogens is 1. The third-order valence-electron chi connectivity index (χ3n) is 3.72. The lowest BCUT2D eigenvalue weighted by atomic mass is 10.1. The molecule has 0 atom stereocenters. The van der Waals surface area contributed by atoms with Crippen LogP contribution in [-0.2, 0) is 11.2 Å². The van der Waals surface area contributed by atoms with Crippen LogP contribution in [0, 0.1) is 0 Å². The van der Waals surface area contributed by atoms with Crippen molar-refractivity contribution in [3.8, 4) is 0 Å². The van der Waals surface area contributed by atoms with Crippen LogP contribution < -0.4 is 5.32 Å². The van der Waals surface area contributed by atoms with E-state index in [0.29, 0.717) is 5.56 Å². The number of anilines is 1. The van der Waals surface area contributed by atoms with Crippen LogP contribution in [0.2, 0.25) is 0 Å². The van der Waals surface area contributed by atoms with Crippen molar-refractivity contribution in [2.24, 2.45) is 0 Å². The summed E-state index contributed by atoms with van der Waals surface area (Å²) in [5.74, 6) is -0.742. The molecule has 0 aliphatic rings. The maximum Gasteiger partial charge on any atom is 0.270 e. The molecule has 1 aromatic carbocycles. The number of rotatable bonds is 6. The van der Waals surface area contributed by atoms with Crippen molar-refractivity contribution >= 4 is 23.3 Å². The van der Waals surface area contributed by atoms with Crippen molar-refractivity contribution in [2.75, 3.05) is 18.9 Å². The number of aryl methyl sites for hydroxylation is 1. The fourth-order valence-corrected chi connectivity index (χ4v) is 2.35. The number of hydrogen-bond donors (Lipinski definition) is 2. The monoisotopic (exact) mass is 327 g/mol. The Kier molecular flexibility index (Phi) is 5.52. The summed E-state index contributed by atoms with van der Waals surface area (Å²) in [6, 6.07) is 9.05. The van der Waals surface area contributed by atoms with E-state index in [1.54, 1.807) is 7.05 Å². The van der Waals surface area contributed by atoms with E-state index in [1.807, 2.05) is 31.2 Å². The van der Waals surface area contributed by atoms with Gasteiger partial charge >= 0.3 is 0 Å². The number of likely N-dealkylation sites (N-methyl/N-ethyl adjacent to an activating group) is 1. The lowest BCUT2D eigenvalue weighted by Gasteiger charge is -2.17. The van der Waals surface area contributed by atoms with Crippen molar-refractivity contribution in [1.29, 1.82) is 0 Å². The third kappa shape index (κ3) is 4.10. The van der Waals surface area contributed by atoms with E-state index in [-0.39, 0.29) is 29.8 Å². The fraction of sp³-hybridized carbons (Fsp3) is 0.278. The van der Waals surface area contributed by atoms with Gasteiger partial charge in [0, 0.05) is 24.5 Å². The highest BCUT2D eigenvalue weighted by Gasteiger charge is 2.18. The molecule has 0 aliphatic heterocycles. The van der Waals surface area contributed by atoms with Crippen molar-refractivity contribution in [3.05, 3.63) is 53.3 Å². The normalized spacial score (nSPS) is 10.3. The minimum atomic E-state index is -0.346. The highest BCUT2D eigenvalue weighted by Crippen LogP contribution is 2.15. The molecule has 2 amide bonds. The smallest absolute Gasteiger partial charge is 0.270 e. The number of aromatic amines is 1. The SMILES string of the molecule is CCc1ccccc1NC(=O)CN(C)C(=O)c1cc(C(C)=O)c[nH]1. The van der Waals surface area contributed by atoms with Crippen LogP contribution in [-0.4, -0.2) is 41.1 Å². The molecule has 0 radical (unpaired) electrons. The van der Waals surface area contributed by atoms with Crippen molar-refractivity contribution in [3.63, 3.8) is 0 Å². The Hall–Kier alpha value is -2.89. The van der Waals surface area contributed by atoms with E-state index >= 15 is 0 Å². The number of carbonyl (C=O) groups excluding carboxylic acids is 3. The number of nitrogens with zero attached hydrogens (tertiary/aromatic N) is 1. The lowest BCUT2D eigenvalue weighted by Crippen LogP contribution is -2.35. The minimum absolute atomic E-state index is 0.0781. The Morgan fingerprint density at radius 2 is 1.92 bits per heavy atom. The van der Waals surface area contributed by atoms with Gasteiger partial charge in [0.1, 0.15) is 5.69 Å². The third-order valence-corrected chi connectivity index (χ3v) is 3.72. The first kappa shape index (κ1) is 17.5. The topological polar surface area (TPSA) is 82.3 Å². The standard InChI is InChI=1S/C18H21N3O3/c1-4-13-7-5-6-8-15(13)20-17(23)11-21(3)18(24)16-9-14(10-19-16)12(2)22/h5-10,19H,4,11H2,1-3H3,(H,20,23). The van der Waals surface area contributed by atoms with Gasteiger partial charge in [0.2, 0.25) is 5.91 Å². The zero-order chi connectivity index (χ0) is 17.7. The molecule has 2 rings (SSSR count). The molecule has 6 heteroatoms. The molecule has 0 unspecified atom stereocenters.